The lowest BCUT2D eigenvalue weighted by Gasteiger charge is -2.28. The number of likely N-dealkylation sites (tertiary alicyclic amines) is 1. The van der Waals surface area contributed by atoms with E-state index >= 15 is 0 Å². The second-order valence-electron chi connectivity index (χ2n) is 7.49. The van der Waals surface area contributed by atoms with Crippen molar-refractivity contribution in [3.05, 3.63) is 35.6 Å². The first-order valence-electron chi connectivity index (χ1n) is 10.6. The first kappa shape index (κ1) is 22.8. The van der Waals surface area contributed by atoms with Crippen LogP contribution in [0.3, 0.4) is 0 Å². The average molecular weight is 406 g/mol. The van der Waals surface area contributed by atoms with E-state index in [2.05, 4.69) is 17.6 Å². The van der Waals surface area contributed by atoms with Crippen molar-refractivity contribution < 1.29 is 18.8 Å². The molecule has 160 valence electrons. The Kier molecular flexibility index (Phi) is 9.09. The fourth-order valence-corrected chi connectivity index (χ4v) is 3.67. The van der Waals surface area contributed by atoms with Gasteiger partial charge in [-0.15, -0.1) is 0 Å². The summed E-state index contributed by atoms with van der Waals surface area (Å²) in [5.74, 6) is -0.818. The first-order valence-corrected chi connectivity index (χ1v) is 10.6. The monoisotopic (exact) mass is 405 g/mol. The van der Waals surface area contributed by atoms with E-state index in [0.29, 0.717) is 18.5 Å². The molecule has 0 aliphatic carbocycles. The van der Waals surface area contributed by atoms with E-state index in [1.54, 1.807) is 4.90 Å². The smallest absolute Gasteiger partial charge is 0.251 e. The Morgan fingerprint density at radius 2 is 1.83 bits per heavy atom. The normalized spacial score (nSPS) is 17.1. The van der Waals surface area contributed by atoms with Gasteiger partial charge in [0, 0.05) is 31.1 Å². The molecule has 0 aromatic heterocycles. The topological polar surface area (TPSA) is 78.5 Å². The molecule has 1 saturated heterocycles. The maximum atomic E-state index is 12.9. The van der Waals surface area contributed by atoms with Crippen molar-refractivity contribution in [3.63, 3.8) is 0 Å². The van der Waals surface area contributed by atoms with Gasteiger partial charge in [0.1, 0.15) is 11.9 Å². The van der Waals surface area contributed by atoms with E-state index < -0.39 is 11.9 Å². The molecule has 0 bridgehead atoms. The molecule has 0 radical (unpaired) electrons. The predicted octanol–water partition coefficient (Wildman–Crippen LogP) is 2.88. The van der Waals surface area contributed by atoms with Gasteiger partial charge in [-0.1, -0.05) is 26.7 Å². The Hall–Kier alpha value is -2.44. The zero-order valence-electron chi connectivity index (χ0n) is 17.4. The van der Waals surface area contributed by atoms with Gasteiger partial charge in [-0.2, -0.15) is 0 Å². The molecule has 1 fully saturated rings. The van der Waals surface area contributed by atoms with Crippen LogP contribution in [-0.4, -0.2) is 48.3 Å². The van der Waals surface area contributed by atoms with E-state index in [9.17, 15) is 18.8 Å². The van der Waals surface area contributed by atoms with Crippen LogP contribution in [0.4, 0.5) is 4.39 Å². The molecule has 6 nitrogen and oxygen atoms in total. The lowest BCUT2D eigenvalue weighted by molar-refractivity contribution is -0.141. The number of rotatable bonds is 10. The minimum atomic E-state index is -0.425. The molecular formula is C22H32FN3O3. The van der Waals surface area contributed by atoms with E-state index in [1.807, 2.05) is 6.92 Å². The highest BCUT2D eigenvalue weighted by Crippen LogP contribution is 2.23. The molecule has 1 unspecified atom stereocenters. The summed E-state index contributed by atoms with van der Waals surface area (Å²) in [4.78, 5) is 39.2. The van der Waals surface area contributed by atoms with Crippen LogP contribution in [0, 0.1) is 11.7 Å². The lowest BCUT2D eigenvalue weighted by atomic mass is 9.97. The van der Waals surface area contributed by atoms with Gasteiger partial charge in [-0.3, -0.25) is 14.4 Å². The first-order chi connectivity index (χ1) is 14.0. The molecule has 29 heavy (non-hydrogen) atoms. The fraction of sp³-hybridized carbons (Fsp3) is 0.591. The third kappa shape index (κ3) is 6.54. The number of benzene rings is 1. The maximum Gasteiger partial charge on any atom is 0.251 e. The van der Waals surface area contributed by atoms with Crippen molar-refractivity contribution in [2.45, 2.75) is 58.4 Å². The summed E-state index contributed by atoms with van der Waals surface area (Å²) in [6.07, 6.45) is 5.23. The number of nitrogens with zero attached hydrogens (tertiary/aromatic N) is 1. The molecule has 3 amide bonds. The van der Waals surface area contributed by atoms with Gasteiger partial charge in [-0.25, -0.2) is 4.39 Å². The molecule has 2 rings (SSSR count). The molecule has 1 aromatic carbocycles. The summed E-state index contributed by atoms with van der Waals surface area (Å²) < 4.78 is 12.9. The van der Waals surface area contributed by atoms with E-state index in [1.165, 1.54) is 24.3 Å². The molecule has 0 spiro atoms. The number of hydrogen-bond donors (Lipinski definition) is 2. The van der Waals surface area contributed by atoms with Gasteiger partial charge in [0.25, 0.3) is 5.91 Å². The molecule has 1 aromatic rings. The highest BCUT2D eigenvalue weighted by atomic mass is 19.1. The van der Waals surface area contributed by atoms with Gasteiger partial charge in [0.2, 0.25) is 11.8 Å². The molecule has 1 aliphatic heterocycles. The maximum absolute atomic E-state index is 12.9. The van der Waals surface area contributed by atoms with Crippen molar-refractivity contribution in [3.8, 4) is 0 Å². The summed E-state index contributed by atoms with van der Waals surface area (Å²) in [5.41, 5.74) is 0.364. The number of nitrogens with one attached hydrogen (secondary N) is 2. The number of amides is 3. The molecule has 1 aliphatic rings. The van der Waals surface area contributed by atoms with Crippen molar-refractivity contribution in [2.24, 2.45) is 5.92 Å². The van der Waals surface area contributed by atoms with Crippen LogP contribution >= 0.6 is 0 Å². The highest BCUT2D eigenvalue weighted by molar-refractivity contribution is 5.94. The number of hydrogen-bond acceptors (Lipinski definition) is 3. The van der Waals surface area contributed by atoms with Crippen molar-refractivity contribution in [2.75, 3.05) is 19.6 Å². The molecule has 2 N–H and O–H groups in total. The predicted molar refractivity (Wildman–Crippen MR) is 110 cm³/mol. The number of halogens is 1. The summed E-state index contributed by atoms with van der Waals surface area (Å²) in [6, 6.07) is 4.85. The Bertz CT molecular complexity index is 693. The Labute approximate surface area is 172 Å². The third-order valence-corrected chi connectivity index (χ3v) is 5.40. The number of carbonyl (C=O) groups is 3. The second kappa shape index (κ2) is 11.5. The van der Waals surface area contributed by atoms with Gasteiger partial charge in [0.05, 0.1) is 0 Å². The Morgan fingerprint density at radius 1 is 1.14 bits per heavy atom. The largest absolute Gasteiger partial charge is 0.353 e. The van der Waals surface area contributed by atoms with Gasteiger partial charge in [0.15, 0.2) is 0 Å². The molecule has 1 heterocycles. The highest BCUT2D eigenvalue weighted by Gasteiger charge is 2.36. The van der Waals surface area contributed by atoms with Crippen LogP contribution in [0.15, 0.2) is 24.3 Å². The lowest BCUT2D eigenvalue weighted by Crippen LogP contribution is -2.49. The van der Waals surface area contributed by atoms with Crippen molar-refractivity contribution in [1.29, 1.82) is 0 Å². The third-order valence-electron chi connectivity index (χ3n) is 5.40. The minimum Gasteiger partial charge on any atom is -0.353 e. The van der Waals surface area contributed by atoms with Crippen molar-refractivity contribution in [1.82, 2.24) is 15.5 Å². The standard InChI is InChI=1S/C22H32FN3O3/c1-3-5-7-16(4-2)22(29)26-15-6-8-19(26)21(28)25-14-13-24-20(27)17-9-11-18(23)12-10-17/h9-12,16,19H,3-8,13-15H2,1-2H3,(H,24,27)(H,25,28)/t16?,19-/m0/s1. The Morgan fingerprint density at radius 3 is 2.48 bits per heavy atom. The van der Waals surface area contributed by atoms with Gasteiger partial charge in [-0.05, 0) is 49.9 Å². The van der Waals surface area contributed by atoms with Gasteiger partial charge >= 0.3 is 0 Å². The SMILES string of the molecule is CCCCC(CC)C(=O)N1CCC[C@H]1C(=O)NCCNC(=O)c1ccc(F)cc1. The van der Waals surface area contributed by atoms with Crippen LogP contribution in [-0.2, 0) is 9.59 Å². The quantitative estimate of drug-likeness (QED) is 0.588. The van der Waals surface area contributed by atoms with Gasteiger partial charge < -0.3 is 15.5 Å². The summed E-state index contributed by atoms with van der Waals surface area (Å²) in [6.45, 7) is 5.29. The second-order valence-corrected chi connectivity index (χ2v) is 7.49. The zero-order valence-corrected chi connectivity index (χ0v) is 17.4. The summed E-state index contributed by atoms with van der Waals surface area (Å²) >= 11 is 0. The summed E-state index contributed by atoms with van der Waals surface area (Å²) in [5, 5.41) is 5.51. The molecule has 2 atom stereocenters. The fourth-order valence-electron chi connectivity index (χ4n) is 3.67. The van der Waals surface area contributed by atoms with E-state index in [-0.39, 0.29) is 36.7 Å². The Balaban J connectivity index is 1.79. The minimum absolute atomic E-state index is 0.0154. The van der Waals surface area contributed by atoms with Crippen molar-refractivity contribution >= 4 is 17.7 Å². The number of unbranched alkanes of at least 4 members (excludes halogenated alkanes) is 1. The zero-order chi connectivity index (χ0) is 21.2. The average Bonchev–Trinajstić information content (AvgIpc) is 3.21. The molecular weight excluding hydrogens is 373 g/mol. The molecule has 7 heteroatoms. The van der Waals surface area contributed by atoms with Crippen LogP contribution in [0.5, 0.6) is 0 Å². The summed E-state index contributed by atoms with van der Waals surface area (Å²) in [7, 11) is 0. The van der Waals surface area contributed by atoms with Crippen LogP contribution in [0.1, 0.15) is 62.7 Å². The van der Waals surface area contributed by atoms with E-state index in [4.69, 9.17) is 0 Å². The van der Waals surface area contributed by atoms with Crippen LogP contribution in [0.2, 0.25) is 0 Å². The van der Waals surface area contributed by atoms with Crippen LogP contribution in [0.25, 0.3) is 0 Å². The number of carbonyl (C=O) groups excluding carboxylic acids is 3. The molecule has 0 saturated carbocycles. The van der Waals surface area contributed by atoms with E-state index in [0.717, 1.165) is 32.1 Å². The van der Waals surface area contributed by atoms with Crippen LogP contribution < -0.4 is 10.6 Å².